The normalized spacial score (nSPS) is 12.8. The first-order valence-electron chi connectivity index (χ1n) is 6.57. The summed E-state index contributed by atoms with van der Waals surface area (Å²) in [5.41, 5.74) is 10.5. The van der Waals surface area contributed by atoms with Gasteiger partial charge in [0.2, 0.25) is 0 Å². The Morgan fingerprint density at radius 3 is 2.65 bits per heavy atom. The van der Waals surface area contributed by atoms with Crippen molar-refractivity contribution in [3.8, 4) is 0 Å². The molecule has 2 N–H and O–H groups in total. The summed E-state index contributed by atoms with van der Waals surface area (Å²) in [5, 5.41) is 1.59. The number of benzene rings is 2. The van der Waals surface area contributed by atoms with Gasteiger partial charge in [-0.25, -0.2) is 0 Å². The van der Waals surface area contributed by atoms with Gasteiger partial charge >= 0.3 is 0 Å². The van der Waals surface area contributed by atoms with Crippen molar-refractivity contribution in [1.82, 2.24) is 0 Å². The Morgan fingerprint density at radius 1 is 1.10 bits per heavy atom. The van der Waals surface area contributed by atoms with E-state index in [9.17, 15) is 0 Å². The maximum Gasteiger partial charge on any atom is 0.152 e. The maximum absolute atomic E-state index is 6.36. The molecule has 3 heteroatoms. The molecular weight excluding hydrogens is 270 g/mol. The van der Waals surface area contributed by atoms with Crippen LogP contribution in [-0.2, 0) is 0 Å². The van der Waals surface area contributed by atoms with Gasteiger partial charge in [0.25, 0.3) is 0 Å². The van der Waals surface area contributed by atoms with Crippen molar-refractivity contribution in [3.63, 3.8) is 0 Å². The van der Waals surface area contributed by atoms with Crippen molar-refractivity contribution in [2.45, 2.75) is 19.9 Å². The second-order valence-electron chi connectivity index (χ2n) is 5.14. The third kappa shape index (κ3) is 2.21. The Balaban J connectivity index is 2.10. The van der Waals surface area contributed by atoms with E-state index in [1.54, 1.807) is 0 Å². The molecule has 3 aromatic rings. The van der Waals surface area contributed by atoms with Crippen LogP contribution in [-0.4, -0.2) is 0 Å². The first kappa shape index (κ1) is 13.2. The molecule has 20 heavy (non-hydrogen) atoms. The van der Waals surface area contributed by atoms with Crippen molar-refractivity contribution in [2.24, 2.45) is 5.73 Å². The SMILES string of the molecule is Cc1ccc(C)c(C(N)c2cc3cccc(Cl)c3o2)c1. The molecule has 0 aliphatic heterocycles. The molecule has 2 nitrogen and oxygen atoms in total. The monoisotopic (exact) mass is 285 g/mol. The molecule has 1 heterocycles. The number of nitrogens with two attached hydrogens (primary N) is 1. The van der Waals surface area contributed by atoms with Crippen LogP contribution in [0.25, 0.3) is 11.0 Å². The zero-order chi connectivity index (χ0) is 14.3. The number of rotatable bonds is 2. The molecule has 0 bridgehead atoms. The lowest BCUT2D eigenvalue weighted by molar-refractivity contribution is 0.524. The molecule has 102 valence electrons. The molecule has 0 saturated heterocycles. The van der Waals surface area contributed by atoms with Gasteiger partial charge in [0.05, 0.1) is 11.1 Å². The number of furan rings is 1. The second-order valence-corrected chi connectivity index (χ2v) is 5.55. The van der Waals surface area contributed by atoms with Crippen LogP contribution in [0.4, 0.5) is 0 Å². The number of hydrogen-bond donors (Lipinski definition) is 1. The molecule has 0 amide bonds. The van der Waals surface area contributed by atoms with E-state index in [0.717, 1.165) is 22.3 Å². The molecule has 1 aromatic heterocycles. The highest BCUT2D eigenvalue weighted by Gasteiger charge is 2.17. The fraction of sp³-hybridized carbons (Fsp3) is 0.176. The van der Waals surface area contributed by atoms with Gasteiger partial charge in [-0.15, -0.1) is 0 Å². The number of fused-ring (bicyclic) bond motifs is 1. The Bertz CT molecular complexity index is 776. The highest BCUT2D eigenvalue weighted by molar-refractivity contribution is 6.34. The zero-order valence-electron chi connectivity index (χ0n) is 11.5. The van der Waals surface area contributed by atoms with Gasteiger partial charge in [0, 0.05) is 5.39 Å². The van der Waals surface area contributed by atoms with E-state index in [-0.39, 0.29) is 6.04 Å². The lowest BCUT2D eigenvalue weighted by atomic mass is 9.98. The maximum atomic E-state index is 6.36. The Morgan fingerprint density at radius 2 is 1.90 bits per heavy atom. The van der Waals surface area contributed by atoms with Crippen molar-refractivity contribution in [2.75, 3.05) is 0 Å². The van der Waals surface area contributed by atoms with Crippen LogP contribution in [0.3, 0.4) is 0 Å². The summed E-state index contributed by atoms with van der Waals surface area (Å²) in [6.07, 6.45) is 0. The molecule has 3 rings (SSSR count). The average Bonchev–Trinajstić information content (AvgIpc) is 2.86. The summed E-state index contributed by atoms with van der Waals surface area (Å²) in [5.74, 6) is 0.738. The Kier molecular flexibility index (Phi) is 3.28. The Hall–Kier alpha value is -1.77. The third-order valence-electron chi connectivity index (χ3n) is 3.59. The molecular formula is C17H16ClNO. The summed E-state index contributed by atoms with van der Waals surface area (Å²) in [4.78, 5) is 0. The minimum absolute atomic E-state index is 0.279. The lowest BCUT2D eigenvalue weighted by Gasteiger charge is -2.13. The van der Waals surface area contributed by atoms with Gasteiger partial charge in [0.1, 0.15) is 5.76 Å². The van der Waals surface area contributed by atoms with Crippen molar-refractivity contribution in [1.29, 1.82) is 0 Å². The molecule has 1 atom stereocenters. The molecule has 0 aliphatic carbocycles. The van der Waals surface area contributed by atoms with E-state index in [1.165, 1.54) is 5.56 Å². The number of aryl methyl sites for hydroxylation is 2. The van der Waals surface area contributed by atoms with Crippen molar-refractivity contribution >= 4 is 22.6 Å². The van der Waals surface area contributed by atoms with E-state index in [4.69, 9.17) is 21.8 Å². The predicted octanol–water partition coefficient (Wildman–Crippen LogP) is 4.75. The lowest BCUT2D eigenvalue weighted by Crippen LogP contribution is -2.12. The van der Waals surface area contributed by atoms with Crippen LogP contribution in [0, 0.1) is 13.8 Å². The summed E-state index contributed by atoms with van der Waals surface area (Å²) >= 11 is 6.14. The van der Waals surface area contributed by atoms with Crippen LogP contribution in [0.15, 0.2) is 46.9 Å². The number of para-hydroxylation sites is 1. The van der Waals surface area contributed by atoms with Gasteiger partial charge in [0.15, 0.2) is 5.58 Å². The fourth-order valence-corrected chi connectivity index (χ4v) is 2.67. The van der Waals surface area contributed by atoms with Gasteiger partial charge in [-0.3, -0.25) is 0 Å². The van der Waals surface area contributed by atoms with Crippen LogP contribution >= 0.6 is 11.6 Å². The first-order valence-corrected chi connectivity index (χ1v) is 6.95. The largest absolute Gasteiger partial charge is 0.457 e. The van der Waals surface area contributed by atoms with Crippen LogP contribution < -0.4 is 5.73 Å². The smallest absolute Gasteiger partial charge is 0.152 e. The minimum Gasteiger partial charge on any atom is -0.457 e. The van der Waals surface area contributed by atoms with E-state index in [0.29, 0.717) is 10.6 Å². The van der Waals surface area contributed by atoms with E-state index < -0.39 is 0 Å². The summed E-state index contributed by atoms with van der Waals surface area (Å²) in [6, 6.07) is 13.7. The van der Waals surface area contributed by atoms with Crippen LogP contribution in [0.5, 0.6) is 0 Å². The third-order valence-corrected chi connectivity index (χ3v) is 3.89. The van der Waals surface area contributed by atoms with Crippen molar-refractivity contribution < 1.29 is 4.42 Å². The molecule has 0 radical (unpaired) electrons. The summed E-state index contributed by atoms with van der Waals surface area (Å²) in [6.45, 7) is 4.12. The van der Waals surface area contributed by atoms with E-state index >= 15 is 0 Å². The minimum atomic E-state index is -0.279. The van der Waals surface area contributed by atoms with Crippen LogP contribution in [0.2, 0.25) is 5.02 Å². The standard InChI is InChI=1S/C17H16ClNO/c1-10-6-7-11(2)13(8-10)16(19)15-9-12-4-3-5-14(18)17(12)20-15/h3-9,16H,19H2,1-2H3. The summed E-state index contributed by atoms with van der Waals surface area (Å²) in [7, 11) is 0. The molecule has 0 saturated carbocycles. The topological polar surface area (TPSA) is 39.2 Å². The van der Waals surface area contributed by atoms with E-state index in [1.807, 2.05) is 24.3 Å². The number of halogens is 1. The van der Waals surface area contributed by atoms with Gasteiger partial charge in [-0.05, 0) is 37.1 Å². The van der Waals surface area contributed by atoms with Gasteiger partial charge < -0.3 is 10.2 Å². The van der Waals surface area contributed by atoms with Crippen LogP contribution in [0.1, 0.15) is 28.5 Å². The zero-order valence-corrected chi connectivity index (χ0v) is 12.2. The molecule has 0 fully saturated rings. The van der Waals surface area contributed by atoms with Gasteiger partial charge in [-0.1, -0.05) is 47.5 Å². The predicted molar refractivity (Wildman–Crippen MR) is 83.2 cm³/mol. The molecule has 1 unspecified atom stereocenters. The molecule has 2 aromatic carbocycles. The Labute approximate surface area is 123 Å². The molecule has 0 aliphatic rings. The van der Waals surface area contributed by atoms with E-state index in [2.05, 4.69) is 32.0 Å². The summed E-state index contributed by atoms with van der Waals surface area (Å²) < 4.78 is 5.85. The highest BCUT2D eigenvalue weighted by Crippen LogP contribution is 2.32. The number of hydrogen-bond acceptors (Lipinski definition) is 2. The quantitative estimate of drug-likeness (QED) is 0.738. The fourth-order valence-electron chi connectivity index (χ4n) is 2.45. The van der Waals surface area contributed by atoms with Gasteiger partial charge in [-0.2, -0.15) is 0 Å². The molecule has 0 spiro atoms. The second kappa shape index (κ2) is 4.97. The van der Waals surface area contributed by atoms with Crippen molar-refractivity contribution in [3.05, 3.63) is 69.9 Å². The first-order chi connectivity index (χ1) is 9.56. The average molecular weight is 286 g/mol. The highest BCUT2D eigenvalue weighted by atomic mass is 35.5.